The first-order valence-corrected chi connectivity index (χ1v) is 12.1. The van der Waals surface area contributed by atoms with Gasteiger partial charge in [-0.25, -0.2) is 4.99 Å². The summed E-state index contributed by atoms with van der Waals surface area (Å²) in [4.78, 5) is 23.6. The van der Waals surface area contributed by atoms with Gasteiger partial charge in [0.2, 0.25) is 5.91 Å². The number of aliphatic imine (C=N–C) groups is 1. The second-order valence-corrected chi connectivity index (χ2v) is 8.42. The zero-order valence-corrected chi connectivity index (χ0v) is 22.1. The van der Waals surface area contributed by atoms with E-state index in [4.69, 9.17) is 4.99 Å². The van der Waals surface area contributed by atoms with E-state index in [1.54, 1.807) is 0 Å². The van der Waals surface area contributed by atoms with Gasteiger partial charge in [0, 0.05) is 57.9 Å². The Balaban J connectivity index is 0.00000363. The molecule has 0 radical (unpaired) electrons. The molecule has 2 N–H and O–H groups in total. The molecule has 3 rings (SSSR count). The second-order valence-electron chi connectivity index (χ2n) is 8.42. The third-order valence-corrected chi connectivity index (χ3v) is 6.19. The Hall–Kier alpha value is -1.39. The predicted molar refractivity (Wildman–Crippen MR) is 144 cm³/mol. The number of nitrogens with zero attached hydrogens (tertiary/aromatic N) is 4. The summed E-state index contributed by atoms with van der Waals surface area (Å²) < 4.78 is 0. The second kappa shape index (κ2) is 14.7. The number of carbonyl (C=O) groups excluding carboxylic acids is 1. The van der Waals surface area contributed by atoms with E-state index >= 15 is 0 Å². The fourth-order valence-electron chi connectivity index (χ4n) is 4.21. The van der Waals surface area contributed by atoms with E-state index < -0.39 is 0 Å². The highest BCUT2D eigenvalue weighted by Crippen LogP contribution is 2.21. The van der Waals surface area contributed by atoms with E-state index in [-0.39, 0.29) is 29.9 Å². The molecule has 0 aromatic heterocycles. The highest BCUT2D eigenvalue weighted by molar-refractivity contribution is 14.0. The van der Waals surface area contributed by atoms with E-state index in [2.05, 4.69) is 46.4 Å². The topological polar surface area (TPSA) is 63.2 Å². The summed E-state index contributed by atoms with van der Waals surface area (Å²) in [5.41, 5.74) is 2.15. The molecule has 180 valence electrons. The monoisotopic (exact) mass is 556 g/mol. The molecule has 2 saturated heterocycles. The lowest BCUT2D eigenvalue weighted by molar-refractivity contribution is -0.117. The minimum atomic E-state index is 0. The number of hydrogen-bond acceptors (Lipinski definition) is 4. The van der Waals surface area contributed by atoms with Crippen LogP contribution in [0.25, 0.3) is 0 Å². The van der Waals surface area contributed by atoms with Gasteiger partial charge in [0.15, 0.2) is 5.96 Å². The smallest absolute Gasteiger partial charge is 0.227 e. The van der Waals surface area contributed by atoms with Crippen molar-refractivity contribution in [3.8, 4) is 0 Å². The van der Waals surface area contributed by atoms with Crippen molar-refractivity contribution in [3.63, 3.8) is 0 Å². The van der Waals surface area contributed by atoms with Gasteiger partial charge in [-0.15, -0.1) is 24.0 Å². The number of benzene rings is 1. The van der Waals surface area contributed by atoms with Crippen LogP contribution in [0.15, 0.2) is 29.3 Å². The Morgan fingerprint density at radius 2 is 1.69 bits per heavy atom. The standard InChI is InChI=1S/C24H40N6O.HI/c1-3-25-24(26-13-5-6-14-29-18-16-28(4-2)17-19-29)27-20-21-9-11-22(12-10-21)30-15-7-8-23(30)31;/h9-12H,3-8,13-20H2,1-2H3,(H2,25,26,27);1H. The predicted octanol–water partition coefficient (Wildman–Crippen LogP) is 2.90. The van der Waals surface area contributed by atoms with Crippen LogP contribution < -0.4 is 15.5 Å². The van der Waals surface area contributed by atoms with Crippen molar-refractivity contribution in [2.45, 2.75) is 46.1 Å². The van der Waals surface area contributed by atoms with Crippen LogP contribution in [0.5, 0.6) is 0 Å². The van der Waals surface area contributed by atoms with Crippen LogP contribution in [0, 0.1) is 0 Å². The number of anilines is 1. The van der Waals surface area contributed by atoms with Gasteiger partial charge < -0.3 is 25.3 Å². The molecule has 0 atom stereocenters. The number of carbonyl (C=O) groups is 1. The summed E-state index contributed by atoms with van der Waals surface area (Å²) in [5.74, 6) is 1.10. The van der Waals surface area contributed by atoms with Crippen molar-refractivity contribution in [2.24, 2.45) is 4.99 Å². The summed E-state index contributed by atoms with van der Waals surface area (Å²) >= 11 is 0. The number of guanidine groups is 1. The highest BCUT2D eigenvalue weighted by Gasteiger charge is 2.21. The summed E-state index contributed by atoms with van der Waals surface area (Å²) in [6.07, 6.45) is 3.99. The van der Waals surface area contributed by atoms with Gasteiger partial charge in [0.25, 0.3) is 0 Å². The number of likely N-dealkylation sites (N-methyl/N-ethyl adjacent to an activating group) is 1. The number of unbranched alkanes of at least 4 members (excludes halogenated alkanes) is 1. The van der Waals surface area contributed by atoms with Crippen LogP contribution in [0.3, 0.4) is 0 Å². The SMILES string of the molecule is CCNC(=NCc1ccc(N2CCCC2=O)cc1)NCCCCN1CCN(CC)CC1.I. The Bertz CT molecular complexity index is 703. The Labute approximate surface area is 211 Å². The van der Waals surface area contributed by atoms with Gasteiger partial charge in [-0.1, -0.05) is 19.1 Å². The maximum atomic E-state index is 11.9. The lowest BCUT2D eigenvalue weighted by Gasteiger charge is -2.34. The molecule has 1 amide bonds. The van der Waals surface area contributed by atoms with Gasteiger partial charge in [-0.05, 0) is 57.0 Å². The minimum absolute atomic E-state index is 0. The molecular weight excluding hydrogens is 515 g/mol. The van der Waals surface area contributed by atoms with Crippen LogP contribution in [-0.4, -0.2) is 80.6 Å². The molecule has 2 fully saturated rings. The Morgan fingerprint density at radius 3 is 2.31 bits per heavy atom. The zero-order valence-electron chi connectivity index (χ0n) is 19.8. The quantitative estimate of drug-likeness (QED) is 0.201. The molecule has 0 unspecified atom stereocenters. The Kier molecular flexibility index (Phi) is 12.3. The van der Waals surface area contributed by atoms with Gasteiger partial charge in [-0.3, -0.25) is 4.79 Å². The van der Waals surface area contributed by atoms with E-state index in [0.29, 0.717) is 13.0 Å². The van der Waals surface area contributed by atoms with Gasteiger partial charge in [0.1, 0.15) is 0 Å². The van der Waals surface area contributed by atoms with Gasteiger partial charge in [-0.2, -0.15) is 0 Å². The first kappa shape index (κ1) is 26.9. The van der Waals surface area contributed by atoms with E-state index in [0.717, 1.165) is 49.7 Å². The van der Waals surface area contributed by atoms with Crippen LogP contribution in [0.1, 0.15) is 45.1 Å². The molecule has 32 heavy (non-hydrogen) atoms. The summed E-state index contributed by atoms with van der Waals surface area (Å²) in [6.45, 7) is 14.8. The molecule has 2 aliphatic heterocycles. The number of rotatable bonds is 10. The number of amides is 1. The number of halogens is 1. The van der Waals surface area contributed by atoms with Crippen LogP contribution >= 0.6 is 24.0 Å². The van der Waals surface area contributed by atoms with Gasteiger partial charge in [0.05, 0.1) is 6.54 Å². The molecule has 8 heteroatoms. The number of piperazine rings is 1. The van der Waals surface area contributed by atoms with Gasteiger partial charge >= 0.3 is 0 Å². The van der Waals surface area contributed by atoms with Crippen molar-refractivity contribution in [2.75, 3.05) is 63.8 Å². The maximum Gasteiger partial charge on any atom is 0.227 e. The minimum Gasteiger partial charge on any atom is -0.357 e. The number of nitrogens with one attached hydrogen (secondary N) is 2. The zero-order chi connectivity index (χ0) is 21.9. The third-order valence-electron chi connectivity index (χ3n) is 6.19. The molecule has 0 bridgehead atoms. The first-order valence-electron chi connectivity index (χ1n) is 12.1. The van der Waals surface area contributed by atoms with E-state index in [1.165, 1.54) is 45.7 Å². The fourth-order valence-corrected chi connectivity index (χ4v) is 4.21. The lowest BCUT2D eigenvalue weighted by atomic mass is 10.2. The maximum absolute atomic E-state index is 11.9. The molecule has 0 saturated carbocycles. The molecule has 0 aliphatic carbocycles. The largest absolute Gasteiger partial charge is 0.357 e. The summed E-state index contributed by atoms with van der Waals surface area (Å²) in [5, 5.41) is 6.80. The normalized spacial score (nSPS) is 18.0. The third kappa shape index (κ3) is 8.51. The molecular formula is C24H41IN6O. The molecule has 1 aromatic carbocycles. The van der Waals surface area contributed by atoms with Crippen LogP contribution in [-0.2, 0) is 11.3 Å². The molecule has 2 aliphatic rings. The van der Waals surface area contributed by atoms with Crippen molar-refractivity contribution in [3.05, 3.63) is 29.8 Å². The highest BCUT2D eigenvalue weighted by atomic mass is 127. The van der Waals surface area contributed by atoms with Crippen LogP contribution in [0.4, 0.5) is 5.69 Å². The Morgan fingerprint density at radius 1 is 0.969 bits per heavy atom. The summed E-state index contributed by atoms with van der Waals surface area (Å²) in [7, 11) is 0. The van der Waals surface area contributed by atoms with E-state index in [1.807, 2.05) is 17.0 Å². The average molecular weight is 557 g/mol. The molecule has 7 nitrogen and oxygen atoms in total. The van der Waals surface area contributed by atoms with Crippen molar-refractivity contribution in [1.29, 1.82) is 0 Å². The van der Waals surface area contributed by atoms with E-state index in [9.17, 15) is 4.79 Å². The van der Waals surface area contributed by atoms with Crippen LogP contribution in [0.2, 0.25) is 0 Å². The fraction of sp³-hybridized carbons (Fsp3) is 0.667. The lowest BCUT2D eigenvalue weighted by Crippen LogP contribution is -2.46. The van der Waals surface area contributed by atoms with Crippen molar-refractivity contribution in [1.82, 2.24) is 20.4 Å². The number of hydrogen-bond donors (Lipinski definition) is 2. The van der Waals surface area contributed by atoms with Crippen molar-refractivity contribution < 1.29 is 4.79 Å². The average Bonchev–Trinajstić information content (AvgIpc) is 3.23. The molecule has 0 spiro atoms. The molecule has 2 heterocycles. The molecule has 1 aromatic rings. The summed E-state index contributed by atoms with van der Waals surface area (Å²) in [6, 6.07) is 8.22. The van der Waals surface area contributed by atoms with Crippen molar-refractivity contribution >= 4 is 41.5 Å². The first-order chi connectivity index (χ1) is 15.2.